The Morgan fingerprint density at radius 1 is 0.850 bits per heavy atom. The lowest BCUT2D eigenvalue weighted by atomic mass is 9.98. The van der Waals surface area contributed by atoms with Crippen LogP contribution in [0.5, 0.6) is 0 Å². The summed E-state index contributed by atoms with van der Waals surface area (Å²) in [5.41, 5.74) is 3.94. The van der Waals surface area contributed by atoms with Gasteiger partial charge in [0.15, 0.2) is 0 Å². The molecule has 1 rings (SSSR count). The molecule has 0 saturated heterocycles. The summed E-state index contributed by atoms with van der Waals surface area (Å²) >= 11 is 0. The standard InChI is InChI=1S/C20H20/c1-5-8-14-17(4)20-16-13-11-9-10-12-15-18(6-2)19(20)7-3/h5-16H,1-4H2/b10-9?,11-9?,12-10?,13-11?,14-8-,15-12?,16-13?,18-15?,19-18?,20-16?,20-19?. The molecule has 1 aromatic rings. The minimum atomic E-state index is 0.904. The maximum atomic E-state index is 4.11. The maximum absolute atomic E-state index is 4.11. The van der Waals surface area contributed by atoms with Gasteiger partial charge < -0.3 is 0 Å². The van der Waals surface area contributed by atoms with Crippen LogP contribution in [0.3, 0.4) is 0 Å². The van der Waals surface area contributed by atoms with Crippen molar-refractivity contribution in [1.82, 2.24) is 0 Å². The van der Waals surface area contributed by atoms with Gasteiger partial charge in [-0.3, -0.25) is 0 Å². The van der Waals surface area contributed by atoms with Gasteiger partial charge in [-0.1, -0.05) is 99.2 Å². The molecule has 0 saturated carbocycles. The Morgan fingerprint density at radius 2 is 1.50 bits per heavy atom. The van der Waals surface area contributed by atoms with Crippen molar-refractivity contribution in [2.45, 2.75) is 0 Å². The predicted molar refractivity (Wildman–Crippen MR) is 92.6 cm³/mol. The van der Waals surface area contributed by atoms with E-state index in [-0.39, 0.29) is 0 Å². The Morgan fingerprint density at radius 3 is 2.10 bits per heavy atom. The third kappa shape index (κ3) is 4.25. The summed E-state index contributed by atoms with van der Waals surface area (Å²) < 4.78 is 0. The fraction of sp³-hybridized carbons (Fsp3) is 0. The molecule has 0 heteroatoms. The highest BCUT2D eigenvalue weighted by atomic mass is 14.1. The lowest BCUT2D eigenvalue weighted by Gasteiger charge is -2.06. The summed E-state index contributed by atoms with van der Waals surface area (Å²) in [4.78, 5) is 0. The molecule has 100 valence electrons. The van der Waals surface area contributed by atoms with Crippen molar-refractivity contribution >= 4 is 17.7 Å². The highest BCUT2D eigenvalue weighted by Crippen LogP contribution is 2.22. The Balaban J connectivity index is 3.66. The molecule has 0 radical (unpaired) electrons. The fourth-order valence-corrected chi connectivity index (χ4v) is 1.80. The second kappa shape index (κ2) is 8.49. The molecule has 0 bridgehead atoms. The average Bonchev–Trinajstić information content (AvgIpc) is 2.48. The van der Waals surface area contributed by atoms with Crippen molar-refractivity contribution in [2.75, 3.05) is 0 Å². The van der Waals surface area contributed by atoms with E-state index in [4.69, 9.17) is 0 Å². The van der Waals surface area contributed by atoms with Crippen molar-refractivity contribution < 1.29 is 0 Å². The van der Waals surface area contributed by atoms with Crippen LogP contribution in [0.4, 0.5) is 0 Å². The summed E-state index contributed by atoms with van der Waals surface area (Å²) in [7, 11) is 0. The molecular weight excluding hydrogens is 240 g/mol. The highest BCUT2D eigenvalue weighted by Gasteiger charge is 2.01. The molecule has 0 spiro atoms. The van der Waals surface area contributed by atoms with Crippen molar-refractivity contribution in [3.05, 3.63) is 104 Å². The van der Waals surface area contributed by atoms with Gasteiger partial charge in [0.25, 0.3) is 0 Å². The van der Waals surface area contributed by atoms with Gasteiger partial charge in [-0.15, -0.1) is 0 Å². The van der Waals surface area contributed by atoms with Crippen LogP contribution in [0.2, 0.25) is 0 Å². The van der Waals surface area contributed by atoms with E-state index in [0.717, 1.165) is 22.3 Å². The summed E-state index contributed by atoms with van der Waals surface area (Å²) in [6.07, 6.45) is 9.19. The normalized spacial score (nSPS) is 9.60. The van der Waals surface area contributed by atoms with Crippen LogP contribution in [-0.4, -0.2) is 0 Å². The van der Waals surface area contributed by atoms with E-state index >= 15 is 0 Å². The van der Waals surface area contributed by atoms with Gasteiger partial charge in [0.1, 0.15) is 0 Å². The maximum Gasteiger partial charge on any atom is -0.0112 e. The van der Waals surface area contributed by atoms with Gasteiger partial charge >= 0.3 is 0 Å². The molecule has 1 aromatic carbocycles. The number of rotatable bonds is 5. The topological polar surface area (TPSA) is 0 Å². The molecule has 0 fully saturated rings. The minimum Gasteiger partial charge on any atom is -0.0991 e. The van der Waals surface area contributed by atoms with Gasteiger partial charge in [0.2, 0.25) is 0 Å². The second-order valence-electron chi connectivity index (χ2n) is 4.11. The first-order chi connectivity index (χ1) is 9.74. The molecule has 0 unspecified atom stereocenters. The highest BCUT2D eigenvalue weighted by molar-refractivity contribution is 5.81. The zero-order valence-corrected chi connectivity index (χ0v) is 11.8. The zero-order valence-electron chi connectivity index (χ0n) is 11.8. The number of hydrogen-bond donors (Lipinski definition) is 0. The smallest absolute Gasteiger partial charge is 0.0112 e. The van der Waals surface area contributed by atoms with Crippen molar-refractivity contribution in [1.29, 1.82) is 0 Å². The van der Waals surface area contributed by atoms with Crippen molar-refractivity contribution in [3.63, 3.8) is 0 Å². The van der Waals surface area contributed by atoms with E-state index in [1.165, 1.54) is 0 Å². The largest absolute Gasteiger partial charge is 0.0991 e. The van der Waals surface area contributed by atoms with Crippen LogP contribution in [0.25, 0.3) is 17.7 Å². The quantitative estimate of drug-likeness (QED) is 0.582. The van der Waals surface area contributed by atoms with Gasteiger partial charge in [0.05, 0.1) is 0 Å². The molecule has 0 N–H and O–H groups in total. The Hall–Kier alpha value is -2.60. The molecule has 0 aliphatic rings. The van der Waals surface area contributed by atoms with E-state index in [1.807, 2.05) is 66.8 Å². The summed E-state index contributed by atoms with van der Waals surface area (Å²) in [5.74, 6) is 0. The predicted octanol–water partition coefficient (Wildman–Crippen LogP) is 5.85. The fourth-order valence-electron chi connectivity index (χ4n) is 1.80. The Bertz CT molecular complexity index is 599. The van der Waals surface area contributed by atoms with Gasteiger partial charge in [-0.25, -0.2) is 0 Å². The summed E-state index contributed by atoms with van der Waals surface area (Å²) in [5, 5.41) is 0. The first-order valence-electron chi connectivity index (χ1n) is 6.44. The Labute approximate surface area is 122 Å². The Kier molecular flexibility index (Phi) is 6.56. The van der Waals surface area contributed by atoms with Crippen LogP contribution in [0.15, 0.2) is 87.0 Å². The lowest BCUT2D eigenvalue weighted by Crippen LogP contribution is -1.86. The minimum absolute atomic E-state index is 0.904. The summed E-state index contributed by atoms with van der Waals surface area (Å²) in [6.45, 7) is 15.6. The second-order valence-corrected chi connectivity index (χ2v) is 4.11. The van der Waals surface area contributed by atoms with Crippen LogP contribution >= 0.6 is 0 Å². The zero-order chi connectivity index (χ0) is 14.8. The number of hydrogen-bond acceptors (Lipinski definition) is 0. The van der Waals surface area contributed by atoms with Crippen LogP contribution in [-0.2, 0) is 0 Å². The molecule has 0 aliphatic heterocycles. The molecule has 20 heavy (non-hydrogen) atoms. The monoisotopic (exact) mass is 260 g/mol. The number of allylic oxidation sites excluding steroid dienone is 4. The van der Waals surface area contributed by atoms with Crippen LogP contribution in [0, 0.1) is 0 Å². The van der Waals surface area contributed by atoms with Gasteiger partial charge in [0, 0.05) is 0 Å². The first-order valence-corrected chi connectivity index (χ1v) is 6.44. The molecule has 0 amide bonds. The van der Waals surface area contributed by atoms with Crippen LogP contribution < -0.4 is 0 Å². The molecule has 0 heterocycles. The average molecular weight is 260 g/mol. The van der Waals surface area contributed by atoms with E-state index in [1.54, 1.807) is 6.08 Å². The van der Waals surface area contributed by atoms with E-state index in [2.05, 4.69) is 26.3 Å². The molecular formula is C20H20. The van der Waals surface area contributed by atoms with Gasteiger partial charge in [-0.2, -0.15) is 0 Å². The van der Waals surface area contributed by atoms with E-state index < -0.39 is 0 Å². The first kappa shape index (κ1) is 15.5. The lowest BCUT2D eigenvalue weighted by molar-refractivity contribution is 1.58. The SMILES string of the molecule is C=C/C=C\C(=C)c1cccccccc(C=C)c1C=C. The third-order valence-corrected chi connectivity index (χ3v) is 2.79. The molecule has 0 aliphatic carbocycles. The van der Waals surface area contributed by atoms with Crippen LogP contribution in [0.1, 0.15) is 16.7 Å². The molecule has 0 atom stereocenters. The molecule has 0 nitrogen and oxygen atoms in total. The van der Waals surface area contributed by atoms with Gasteiger partial charge in [-0.05, 0) is 22.3 Å². The van der Waals surface area contributed by atoms with Crippen molar-refractivity contribution in [3.8, 4) is 0 Å². The van der Waals surface area contributed by atoms with E-state index in [0.29, 0.717) is 0 Å². The third-order valence-electron chi connectivity index (χ3n) is 2.79. The molecule has 0 aromatic heterocycles. The van der Waals surface area contributed by atoms with Crippen molar-refractivity contribution in [2.24, 2.45) is 0 Å². The van der Waals surface area contributed by atoms with E-state index in [9.17, 15) is 0 Å². The summed E-state index contributed by atoms with van der Waals surface area (Å²) in [6, 6.07) is 13.9.